The van der Waals surface area contributed by atoms with Crippen molar-refractivity contribution in [3.05, 3.63) is 48.6 Å². The quantitative estimate of drug-likeness (QED) is 0.600. The van der Waals surface area contributed by atoms with Crippen LogP contribution in [0.2, 0.25) is 0 Å². The predicted molar refractivity (Wildman–Crippen MR) is 71.9 cm³/mol. The van der Waals surface area contributed by atoms with E-state index in [4.69, 9.17) is 9.47 Å². The molecule has 0 bridgehead atoms. The molecule has 4 atom stereocenters. The highest BCUT2D eigenvalue weighted by molar-refractivity contribution is 5.61. The molecule has 3 rings (SSSR count). The van der Waals surface area contributed by atoms with Crippen molar-refractivity contribution in [3.8, 4) is 0 Å². The first-order chi connectivity index (χ1) is 9.28. The largest absolute Gasteiger partial charge is 0.509 e. The van der Waals surface area contributed by atoms with Crippen LogP contribution in [0.25, 0.3) is 0 Å². The summed E-state index contributed by atoms with van der Waals surface area (Å²) in [7, 11) is 0. The standard InChI is InChI=1S/C16H18O3/c1-2-14-13-10-12(11-6-4-3-5-7-11)8-9-15(13)19-16(17)18-14/h2-7,12-15H,1,8-10H2. The molecule has 1 aliphatic heterocycles. The highest BCUT2D eigenvalue weighted by Crippen LogP contribution is 2.42. The molecule has 3 heteroatoms. The van der Waals surface area contributed by atoms with E-state index in [0.717, 1.165) is 19.3 Å². The highest BCUT2D eigenvalue weighted by Gasteiger charge is 2.42. The fraction of sp³-hybridized carbons (Fsp3) is 0.438. The SMILES string of the molecule is C=CC1OC(=O)OC2CCC(c3ccccc3)CC12. The van der Waals surface area contributed by atoms with E-state index in [1.165, 1.54) is 5.56 Å². The smallest absolute Gasteiger partial charge is 0.431 e. The van der Waals surface area contributed by atoms with Crippen LogP contribution in [0.4, 0.5) is 4.79 Å². The Hall–Kier alpha value is -1.77. The second-order valence-electron chi connectivity index (χ2n) is 5.31. The molecule has 1 heterocycles. The average Bonchev–Trinajstić information content (AvgIpc) is 2.46. The van der Waals surface area contributed by atoms with E-state index in [-0.39, 0.29) is 18.1 Å². The first-order valence-electron chi connectivity index (χ1n) is 6.82. The van der Waals surface area contributed by atoms with E-state index in [0.29, 0.717) is 5.92 Å². The summed E-state index contributed by atoms with van der Waals surface area (Å²) in [5.74, 6) is 0.749. The molecule has 0 spiro atoms. The molecule has 0 radical (unpaired) electrons. The molecular weight excluding hydrogens is 240 g/mol. The lowest BCUT2D eigenvalue weighted by Crippen LogP contribution is -2.45. The van der Waals surface area contributed by atoms with Gasteiger partial charge in [0.15, 0.2) is 0 Å². The number of hydrogen-bond donors (Lipinski definition) is 0. The molecular formula is C16H18O3. The van der Waals surface area contributed by atoms with Crippen molar-refractivity contribution in [2.24, 2.45) is 5.92 Å². The van der Waals surface area contributed by atoms with Crippen molar-refractivity contribution < 1.29 is 14.3 Å². The normalized spacial score (nSPS) is 33.8. The molecule has 19 heavy (non-hydrogen) atoms. The number of hydrogen-bond acceptors (Lipinski definition) is 3. The lowest BCUT2D eigenvalue weighted by Gasteiger charge is -2.41. The Kier molecular flexibility index (Phi) is 3.28. The van der Waals surface area contributed by atoms with E-state index in [1.54, 1.807) is 6.08 Å². The Morgan fingerprint density at radius 1 is 1.16 bits per heavy atom. The van der Waals surface area contributed by atoms with Crippen molar-refractivity contribution in [1.82, 2.24) is 0 Å². The third kappa shape index (κ3) is 2.37. The van der Waals surface area contributed by atoms with Crippen LogP contribution >= 0.6 is 0 Å². The van der Waals surface area contributed by atoms with E-state index < -0.39 is 6.16 Å². The maximum Gasteiger partial charge on any atom is 0.509 e. The molecule has 4 unspecified atom stereocenters. The van der Waals surface area contributed by atoms with Crippen molar-refractivity contribution in [3.63, 3.8) is 0 Å². The summed E-state index contributed by atoms with van der Waals surface area (Å²) in [5, 5.41) is 0. The zero-order chi connectivity index (χ0) is 13.2. The second-order valence-corrected chi connectivity index (χ2v) is 5.31. The van der Waals surface area contributed by atoms with Crippen molar-refractivity contribution in [2.45, 2.75) is 37.4 Å². The summed E-state index contributed by atoms with van der Waals surface area (Å²) < 4.78 is 10.5. The highest BCUT2D eigenvalue weighted by atomic mass is 16.7. The van der Waals surface area contributed by atoms with Gasteiger partial charge in [-0.05, 0) is 30.7 Å². The number of ether oxygens (including phenoxy) is 2. The lowest BCUT2D eigenvalue weighted by molar-refractivity contribution is -0.101. The summed E-state index contributed by atoms with van der Waals surface area (Å²) >= 11 is 0. The fourth-order valence-corrected chi connectivity index (χ4v) is 3.27. The summed E-state index contributed by atoms with van der Waals surface area (Å²) in [6.45, 7) is 3.77. The molecule has 1 saturated carbocycles. The van der Waals surface area contributed by atoms with E-state index in [1.807, 2.05) is 6.07 Å². The lowest BCUT2D eigenvalue weighted by atomic mass is 9.74. The second kappa shape index (κ2) is 5.08. The van der Waals surface area contributed by atoms with E-state index >= 15 is 0 Å². The summed E-state index contributed by atoms with van der Waals surface area (Å²) in [4.78, 5) is 11.3. The van der Waals surface area contributed by atoms with E-state index in [2.05, 4.69) is 30.8 Å². The molecule has 2 aliphatic rings. The monoisotopic (exact) mass is 258 g/mol. The Bertz CT molecular complexity index is 468. The average molecular weight is 258 g/mol. The Balaban J connectivity index is 1.78. The molecule has 1 saturated heterocycles. The first kappa shape index (κ1) is 12.3. The fourth-order valence-electron chi connectivity index (χ4n) is 3.27. The van der Waals surface area contributed by atoms with Gasteiger partial charge in [-0.1, -0.05) is 43.0 Å². The van der Waals surface area contributed by atoms with Gasteiger partial charge in [-0.3, -0.25) is 0 Å². The molecule has 0 amide bonds. The zero-order valence-corrected chi connectivity index (χ0v) is 10.8. The molecule has 100 valence electrons. The third-order valence-electron chi connectivity index (χ3n) is 4.24. The van der Waals surface area contributed by atoms with E-state index in [9.17, 15) is 4.79 Å². The van der Waals surface area contributed by atoms with Crippen LogP contribution in [-0.2, 0) is 9.47 Å². The Labute approximate surface area is 113 Å². The minimum atomic E-state index is -0.552. The predicted octanol–water partition coefficient (Wildman–Crippen LogP) is 3.66. The number of carbonyl (C=O) groups is 1. The topological polar surface area (TPSA) is 35.5 Å². The number of benzene rings is 1. The maximum atomic E-state index is 11.3. The van der Waals surface area contributed by atoms with Crippen LogP contribution in [0.5, 0.6) is 0 Å². The minimum Gasteiger partial charge on any atom is -0.431 e. The molecule has 2 fully saturated rings. The Morgan fingerprint density at radius 3 is 2.68 bits per heavy atom. The van der Waals surface area contributed by atoms with Gasteiger partial charge in [-0.2, -0.15) is 0 Å². The van der Waals surface area contributed by atoms with Crippen LogP contribution in [0.3, 0.4) is 0 Å². The van der Waals surface area contributed by atoms with Gasteiger partial charge in [0.1, 0.15) is 12.2 Å². The third-order valence-corrected chi connectivity index (χ3v) is 4.24. The van der Waals surface area contributed by atoms with Crippen LogP contribution < -0.4 is 0 Å². The number of carbonyl (C=O) groups excluding carboxylic acids is 1. The van der Waals surface area contributed by atoms with Crippen molar-refractivity contribution >= 4 is 6.16 Å². The first-order valence-corrected chi connectivity index (χ1v) is 6.82. The van der Waals surface area contributed by atoms with Gasteiger partial charge in [0.25, 0.3) is 0 Å². The van der Waals surface area contributed by atoms with Gasteiger partial charge in [-0.25, -0.2) is 4.79 Å². The van der Waals surface area contributed by atoms with Gasteiger partial charge in [0, 0.05) is 5.92 Å². The summed E-state index contributed by atoms with van der Waals surface area (Å²) in [6, 6.07) is 10.5. The molecule has 1 aromatic rings. The van der Waals surface area contributed by atoms with Crippen LogP contribution in [-0.4, -0.2) is 18.4 Å². The number of fused-ring (bicyclic) bond motifs is 1. The number of rotatable bonds is 2. The minimum absolute atomic E-state index is 0.00999. The Morgan fingerprint density at radius 2 is 1.95 bits per heavy atom. The molecule has 1 aliphatic carbocycles. The van der Waals surface area contributed by atoms with Crippen molar-refractivity contribution in [1.29, 1.82) is 0 Å². The van der Waals surface area contributed by atoms with Gasteiger partial charge in [0.05, 0.1) is 0 Å². The number of cyclic esters (lactones) is 1. The van der Waals surface area contributed by atoms with Crippen molar-refractivity contribution in [2.75, 3.05) is 0 Å². The van der Waals surface area contributed by atoms with Gasteiger partial charge < -0.3 is 9.47 Å². The summed E-state index contributed by atoms with van der Waals surface area (Å²) in [6.07, 6.45) is 3.90. The van der Waals surface area contributed by atoms with Gasteiger partial charge in [-0.15, -0.1) is 0 Å². The van der Waals surface area contributed by atoms with Crippen LogP contribution in [0.1, 0.15) is 30.7 Å². The van der Waals surface area contributed by atoms with Gasteiger partial charge in [0.2, 0.25) is 0 Å². The maximum absolute atomic E-state index is 11.3. The van der Waals surface area contributed by atoms with Gasteiger partial charge >= 0.3 is 6.16 Å². The molecule has 0 N–H and O–H groups in total. The molecule has 0 aromatic heterocycles. The van der Waals surface area contributed by atoms with Crippen LogP contribution in [0, 0.1) is 5.92 Å². The molecule has 1 aromatic carbocycles. The molecule has 3 nitrogen and oxygen atoms in total. The zero-order valence-electron chi connectivity index (χ0n) is 10.8. The van der Waals surface area contributed by atoms with Crippen LogP contribution in [0.15, 0.2) is 43.0 Å². The summed E-state index contributed by atoms with van der Waals surface area (Å²) in [5.41, 5.74) is 1.36.